The van der Waals surface area contributed by atoms with Crippen molar-refractivity contribution in [2.45, 2.75) is 121 Å². The van der Waals surface area contributed by atoms with Gasteiger partial charge < -0.3 is 30.6 Å². The van der Waals surface area contributed by atoms with E-state index >= 15 is 0 Å². The van der Waals surface area contributed by atoms with Crippen LogP contribution < -0.4 is 0 Å². The molecule has 194 valence electrons. The van der Waals surface area contributed by atoms with Gasteiger partial charge in [0.1, 0.15) is 0 Å². The van der Waals surface area contributed by atoms with Gasteiger partial charge in [0, 0.05) is 11.3 Å². The fourth-order valence-corrected chi connectivity index (χ4v) is 8.32. The van der Waals surface area contributed by atoms with Crippen molar-refractivity contribution in [1.82, 2.24) is 0 Å². The van der Waals surface area contributed by atoms with Crippen LogP contribution in [0.5, 0.6) is 0 Å². The highest BCUT2D eigenvalue weighted by molar-refractivity contribution is 5.95. The molecule has 4 aliphatic rings. The van der Waals surface area contributed by atoms with E-state index in [1.807, 2.05) is 13.8 Å². The Balaban J connectivity index is 1.66. The smallest absolute Gasteiger partial charge is 0.159 e. The summed E-state index contributed by atoms with van der Waals surface area (Å²) in [5, 5.41) is 65.5. The zero-order valence-electron chi connectivity index (χ0n) is 21.3. The fraction of sp³-hybridized carbons (Fsp3) is 0.889. The molecular formula is C27H44O7. The number of carbonyl (C=O) groups excluding carboxylic acids is 1. The highest BCUT2D eigenvalue weighted by Crippen LogP contribution is 2.68. The zero-order valence-corrected chi connectivity index (χ0v) is 21.3. The van der Waals surface area contributed by atoms with Crippen LogP contribution in [0.3, 0.4) is 0 Å². The fourth-order valence-electron chi connectivity index (χ4n) is 8.32. The van der Waals surface area contributed by atoms with Crippen LogP contribution in [0.1, 0.15) is 86.0 Å². The van der Waals surface area contributed by atoms with Crippen molar-refractivity contribution in [3.05, 3.63) is 11.6 Å². The molecule has 3 fully saturated rings. The van der Waals surface area contributed by atoms with Gasteiger partial charge in [-0.3, -0.25) is 4.79 Å². The number of aliphatic hydroxyl groups excluding tert-OH is 3. The van der Waals surface area contributed by atoms with E-state index in [0.29, 0.717) is 44.1 Å². The first-order valence-corrected chi connectivity index (χ1v) is 12.9. The summed E-state index contributed by atoms with van der Waals surface area (Å²) in [6.07, 6.45) is 2.11. The molecular weight excluding hydrogens is 436 g/mol. The van der Waals surface area contributed by atoms with E-state index in [-0.39, 0.29) is 36.4 Å². The highest BCUT2D eigenvalue weighted by Gasteiger charge is 2.69. The summed E-state index contributed by atoms with van der Waals surface area (Å²) < 4.78 is 0. The summed E-state index contributed by atoms with van der Waals surface area (Å²) in [5.74, 6) is -0.948. The largest absolute Gasteiger partial charge is 0.390 e. The van der Waals surface area contributed by atoms with Crippen molar-refractivity contribution in [3.8, 4) is 0 Å². The number of carbonyl (C=O) groups is 1. The third-order valence-corrected chi connectivity index (χ3v) is 10.5. The lowest BCUT2D eigenvalue weighted by atomic mass is 9.45. The molecule has 6 N–H and O–H groups in total. The molecule has 0 radical (unpaired) electrons. The SMILES string of the molecule is CC(C)(O)CC[C@@H](O)[C@](C)(O)[C@@H]1CC[C@@]2(O)C3=CC(=O)[C@@H]4C[C@H](O)[C@H](O)C[C@]4(C)[C@H]3CC[C@@]12C. The van der Waals surface area contributed by atoms with Crippen molar-refractivity contribution in [2.24, 2.45) is 28.6 Å². The average Bonchev–Trinajstić information content (AvgIpc) is 3.00. The molecule has 0 aromatic carbocycles. The number of aliphatic hydroxyl groups is 6. The van der Waals surface area contributed by atoms with Crippen molar-refractivity contribution < 1.29 is 35.4 Å². The summed E-state index contributed by atoms with van der Waals surface area (Å²) in [6, 6.07) is 0. The Hall–Kier alpha value is -0.830. The molecule has 0 saturated heterocycles. The van der Waals surface area contributed by atoms with Crippen molar-refractivity contribution in [3.63, 3.8) is 0 Å². The molecule has 0 aliphatic heterocycles. The molecule has 0 aromatic rings. The molecule has 4 rings (SSSR count). The van der Waals surface area contributed by atoms with Gasteiger partial charge in [-0.1, -0.05) is 13.8 Å². The molecule has 7 heteroatoms. The van der Waals surface area contributed by atoms with Crippen LogP contribution in [0.15, 0.2) is 11.6 Å². The van der Waals surface area contributed by atoms with Gasteiger partial charge in [-0.05, 0) is 101 Å². The first kappa shape index (κ1) is 26.2. The predicted octanol–water partition coefficient (Wildman–Crippen LogP) is 1.85. The summed E-state index contributed by atoms with van der Waals surface area (Å²) in [6.45, 7) is 8.96. The van der Waals surface area contributed by atoms with Crippen molar-refractivity contribution in [1.29, 1.82) is 0 Å². The zero-order chi connectivity index (χ0) is 25.5. The predicted molar refractivity (Wildman–Crippen MR) is 127 cm³/mol. The Morgan fingerprint density at radius 2 is 1.71 bits per heavy atom. The van der Waals surface area contributed by atoms with Gasteiger partial charge in [-0.2, -0.15) is 0 Å². The van der Waals surface area contributed by atoms with Crippen LogP contribution in [0.4, 0.5) is 0 Å². The summed E-state index contributed by atoms with van der Waals surface area (Å²) in [4.78, 5) is 13.2. The highest BCUT2D eigenvalue weighted by atomic mass is 16.3. The summed E-state index contributed by atoms with van der Waals surface area (Å²) >= 11 is 0. The minimum absolute atomic E-state index is 0.0840. The minimum atomic E-state index is -1.46. The molecule has 0 unspecified atom stereocenters. The maximum Gasteiger partial charge on any atom is 0.159 e. The van der Waals surface area contributed by atoms with Crippen molar-refractivity contribution >= 4 is 5.78 Å². The lowest BCUT2D eigenvalue weighted by Crippen LogP contribution is -2.62. The summed E-state index contributed by atoms with van der Waals surface area (Å²) in [7, 11) is 0. The van der Waals surface area contributed by atoms with Gasteiger partial charge in [0.05, 0.1) is 35.1 Å². The second kappa shape index (κ2) is 8.09. The van der Waals surface area contributed by atoms with Crippen LogP contribution in [-0.2, 0) is 4.79 Å². The number of allylic oxidation sites excluding steroid dienone is 1. The second-order valence-corrected chi connectivity index (χ2v) is 13.2. The average molecular weight is 481 g/mol. The van der Waals surface area contributed by atoms with Crippen LogP contribution in [0.25, 0.3) is 0 Å². The summed E-state index contributed by atoms with van der Waals surface area (Å²) in [5.41, 5.74) is -4.27. The molecule has 10 atom stereocenters. The minimum Gasteiger partial charge on any atom is -0.390 e. The number of ketones is 1. The second-order valence-electron chi connectivity index (χ2n) is 13.2. The Labute approximate surface area is 202 Å². The lowest BCUT2D eigenvalue weighted by Gasteiger charge is -2.60. The lowest BCUT2D eigenvalue weighted by molar-refractivity contribution is -0.177. The standard InChI is InChI=1S/C27H44O7/c1-23(2,32)9-8-22(31)26(5,33)21-7-11-27(34)16-12-18(28)17-13-19(29)20(30)14-24(17,3)15(16)6-10-25(21,27)4/h12,15,17,19-22,29-34H,6-11,13-14H2,1-5H3/t15-,17-,19-,20+,21+,22+,24+,25-,26+,27+/m0/s1. The molecule has 4 aliphatic carbocycles. The Bertz CT molecular complexity index is 860. The van der Waals surface area contributed by atoms with E-state index in [9.17, 15) is 35.4 Å². The van der Waals surface area contributed by atoms with E-state index in [2.05, 4.69) is 0 Å². The molecule has 0 aromatic heterocycles. The van der Waals surface area contributed by atoms with E-state index in [0.717, 1.165) is 0 Å². The number of fused-ring (bicyclic) bond motifs is 5. The van der Waals surface area contributed by atoms with Crippen LogP contribution in [-0.4, -0.2) is 71.5 Å². The maximum atomic E-state index is 13.2. The first-order chi connectivity index (χ1) is 15.5. The molecule has 0 bridgehead atoms. The Morgan fingerprint density at radius 3 is 2.32 bits per heavy atom. The van der Waals surface area contributed by atoms with Gasteiger partial charge in [0.25, 0.3) is 0 Å². The number of hydrogen-bond donors (Lipinski definition) is 6. The third-order valence-electron chi connectivity index (χ3n) is 10.5. The molecule has 0 spiro atoms. The normalized spacial score (nSPS) is 47.2. The van der Waals surface area contributed by atoms with Gasteiger partial charge >= 0.3 is 0 Å². The van der Waals surface area contributed by atoms with Crippen LogP contribution in [0.2, 0.25) is 0 Å². The van der Waals surface area contributed by atoms with Gasteiger partial charge in [0.2, 0.25) is 0 Å². The van der Waals surface area contributed by atoms with Gasteiger partial charge in [-0.25, -0.2) is 0 Å². The van der Waals surface area contributed by atoms with Crippen molar-refractivity contribution in [2.75, 3.05) is 0 Å². The maximum absolute atomic E-state index is 13.2. The number of rotatable bonds is 5. The van der Waals surface area contributed by atoms with E-state index < -0.39 is 45.9 Å². The molecule has 7 nitrogen and oxygen atoms in total. The number of hydrogen-bond acceptors (Lipinski definition) is 7. The first-order valence-electron chi connectivity index (χ1n) is 12.9. The topological polar surface area (TPSA) is 138 Å². The monoisotopic (exact) mass is 480 g/mol. The van der Waals surface area contributed by atoms with E-state index in [4.69, 9.17) is 0 Å². The third kappa shape index (κ3) is 3.73. The Kier molecular flexibility index (Phi) is 6.24. The molecule has 34 heavy (non-hydrogen) atoms. The molecule has 3 saturated carbocycles. The van der Waals surface area contributed by atoms with E-state index in [1.165, 1.54) is 0 Å². The van der Waals surface area contributed by atoms with Crippen LogP contribution in [0, 0.1) is 28.6 Å². The van der Waals surface area contributed by atoms with Gasteiger partial charge in [-0.15, -0.1) is 0 Å². The van der Waals surface area contributed by atoms with E-state index in [1.54, 1.807) is 26.8 Å². The van der Waals surface area contributed by atoms with Gasteiger partial charge in [0.15, 0.2) is 5.78 Å². The molecule has 0 amide bonds. The Morgan fingerprint density at radius 1 is 1.06 bits per heavy atom. The van der Waals surface area contributed by atoms with Crippen LogP contribution >= 0.6 is 0 Å². The molecule has 0 heterocycles. The quantitative estimate of drug-likeness (QED) is 0.353.